The first kappa shape index (κ1) is 16.8. The number of carbonyl (C=O) groups excluding carboxylic acids is 1. The van der Waals surface area contributed by atoms with Gasteiger partial charge in [-0.2, -0.15) is 4.98 Å². The predicted octanol–water partition coefficient (Wildman–Crippen LogP) is 3.19. The van der Waals surface area contributed by atoms with E-state index in [-0.39, 0.29) is 17.6 Å². The molecular formula is C18H22N4OS. The first-order valence-electron chi connectivity index (χ1n) is 8.12. The second-order valence-electron chi connectivity index (χ2n) is 6.08. The van der Waals surface area contributed by atoms with Crippen molar-refractivity contribution in [3.63, 3.8) is 0 Å². The van der Waals surface area contributed by atoms with Crippen LogP contribution in [0.4, 0.5) is 11.8 Å². The number of thioether (sulfide) groups is 1. The lowest BCUT2D eigenvalue weighted by Gasteiger charge is -2.33. The van der Waals surface area contributed by atoms with E-state index in [0.717, 1.165) is 41.4 Å². The fourth-order valence-electron chi connectivity index (χ4n) is 3.20. The number of ketones is 1. The summed E-state index contributed by atoms with van der Waals surface area (Å²) in [4.78, 5) is 24.6. The Morgan fingerprint density at radius 2 is 2.12 bits per heavy atom. The molecule has 5 nitrogen and oxygen atoms in total. The molecule has 1 aliphatic heterocycles. The highest BCUT2D eigenvalue weighted by Gasteiger charge is 2.28. The second kappa shape index (κ2) is 7.21. The fourth-order valence-corrected chi connectivity index (χ4v) is 3.81. The quantitative estimate of drug-likeness (QED) is 0.679. The minimum absolute atomic E-state index is 0.0106. The number of piperidine rings is 1. The Morgan fingerprint density at radius 3 is 2.88 bits per heavy atom. The third-order valence-corrected chi connectivity index (χ3v) is 5.14. The first-order valence-corrected chi connectivity index (χ1v) is 9.34. The number of Topliss-reactive ketones (excluding diaryl/α,β-unsaturated/α-hetero) is 1. The number of anilines is 2. The smallest absolute Gasteiger partial charge is 0.222 e. The van der Waals surface area contributed by atoms with E-state index >= 15 is 0 Å². The average Bonchev–Trinajstić information content (AvgIpc) is 2.60. The molecule has 3 rings (SSSR count). The topological polar surface area (TPSA) is 72.1 Å². The first-order chi connectivity index (χ1) is 11.6. The zero-order valence-corrected chi connectivity index (χ0v) is 14.8. The number of nitrogens with two attached hydrogens (primary N) is 1. The Kier molecular flexibility index (Phi) is 5.04. The average molecular weight is 342 g/mol. The van der Waals surface area contributed by atoms with Gasteiger partial charge >= 0.3 is 0 Å². The minimum atomic E-state index is -0.0106. The fraction of sp³-hybridized carbons (Fsp3) is 0.389. The number of aryl methyl sites for hydroxylation is 1. The molecule has 2 heterocycles. The summed E-state index contributed by atoms with van der Waals surface area (Å²) in [5, 5.41) is 0. The maximum atomic E-state index is 13.0. The van der Waals surface area contributed by atoms with Gasteiger partial charge in [-0.15, -0.1) is 11.8 Å². The molecule has 2 N–H and O–H groups in total. The summed E-state index contributed by atoms with van der Waals surface area (Å²) in [5.41, 5.74) is 7.45. The van der Waals surface area contributed by atoms with Gasteiger partial charge in [0, 0.05) is 41.2 Å². The molecule has 0 unspecified atom stereocenters. The van der Waals surface area contributed by atoms with Gasteiger partial charge in [0.15, 0.2) is 5.78 Å². The molecule has 1 aromatic heterocycles. The number of nitrogen functional groups attached to an aromatic ring is 1. The summed E-state index contributed by atoms with van der Waals surface area (Å²) in [7, 11) is 0. The largest absolute Gasteiger partial charge is 0.368 e. The van der Waals surface area contributed by atoms with Gasteiger partial charge < -0.3 is 10.6 Å². The SMILES string of the molecule is CSc1ccccc1C(=O)[C@H]1CCCN(c2cc(C)nc(N)n2)C1. The summed E-state index contributed by atoms with van der Waals surface area (Å²) in [6, 6.07) is 9.77. The number of carbonyl (C=O) groups is 1. The number of hydrogen-bond donors (Lipinski definition) is 1. The highest BCUT2D eigenvalue weighted by molar-refractivity contribution is 7.98. The predicted molar refractivity (Wildman–Crippen MR) is 98.7 cm³/mol. The number of aromatic nitrogens is 2. The monoisotopic (exact) mass is 342 g/mol. The summed E-state index contributed by atoms with van der Waals surface area (Å²) in [6.45, 7) is 3.48. The van der Waals surface area contributed by atoms with Crippen LogP contribution in [0.5, 0.6) is 0 Å². The van der Waals surface area contributed by atoms with Crippen molar-refractivity contribution in [3.05, 3.63) is 41.6 Å². The van der Waals surface area contributed by atoms with E-state index in [1.807, 2.05) is 43.5 Å². The van der Waals surface area contributed by atoms with Crippen molar-refractivity contribution in [2.24, 2.45) is 5.92 Å². The highest BCUT2D eigenvalue weighted by Crippen LogP contribution is 2.28. The molecule has 1 aliphatic rings. The number of rotatable bonds is 4. The zero-order chi connectivity index (χ0) is 17.1. The van der Waals surface area contributed by atoms with Crippen molar-refractivity contribution < 1.29 is 4.79 Å². The van der Waals surface area contributed by atoms with Crippen LogP contribution < -0.4 is 10.6 Å². The molecule has 2 aromatic rings. The molecule has 0 saturated carbocycles. The van der Waals surface area contributed by atoms with Crippen molar-refractivity contribution in [1.82, 2.24) is 9.97 Å². The van der Waals surface area contributed by atoms with E-state index < -0.39 is 0 Å². The molecule has 24 heavy (non-hydrogen) atoms. The van der Waals surface area contributed by atoms with Gasteiger partial charge in [0.1, 0.15) is 5.82 Å². The number of hydrogen-bond acceptors (Lipinski definition) is 6. The zero-order valence-electron chi connectivity index (χ0n) is 14.0. The van der Waals surface area contributed by atoms with Gasteiger partial charge in [-0.25, -0.2) is 4.98 Å². The number of benzene rings is 1. The summed E-state index contributed by atoms with van der Waals surface area (Å²) in [6.07, 6.45) is 3.89. The van der Waals surface area contributed by atoms with Crippen LogP contribution in [0.1, 0.15) is 28.9 Å². The van der Waals surface area contributed by atoms with Crippen molar-refractivity contribution in [1.29, 1.82) is 0 Å². The van der Waals surface area contributed by atoms with Crippen LogP contribution in [0.25, 0.3) is 0 Å². The molecule has 0 bridgehead atoms. The van der Waals surface area contributed by atoms with Gasteiger partial charge in [0.2, 0.25) is 5.95 Å². The molecule has 6 heteroatoms. The third kappa shape index (κ3) is 3.53. The van der Waals surface area contributed by atoms with Gasteiger partial charge in [-0.1, -0.05) is 18.2 Å². The lowest BCUT2D eigenvalue weighted by atomic mass is 9.90. The van der Waals surface area contributed by atoms with Crippen LogP contribution >= 0.6 is 11.8 Å². The molecule has 1 aromatic carbocycles. The van der Waals surface area contributed by atoms with Crippen molar-refractivity contribution in [2.75, 3.05) is 30.0 Å². The highest BCUT2D eigenvalue weighted by atomic mass is 32.2. The molecule has 1 saturated heterocycles. The van der Waals surface area contributed by atoms with Gasteiger partial charge in [-0.05, 0) is 32.1 Å². The van der Waals surface area contributed by atoms with Gasteiger partial charge in [0.25, 0.3) is 0 Å². The molecule has 126 valence electrons. The summed E-state index contributed by atoms with van der Waals surface area (Å²) in [5.74, 6) is 1.31. The van der Waals surface area contributed by atoms with Crippen molar-refractivity contribution in [3.8, 4) is 0 Å². The lowest BCUT2D eigenvalue weighted by Crippen LogP contribution is -2.39. The molecule has 1 fully saturated rings. The molecule has 0 spiro atoms. The third-order valence-electron chi connectivity index (χ3n) is 4.35. The minimum Gasteiger partial charge on any atom is -0.368 e. The van der Waals surface area contributed by atoms with Gasteiger partial charge in [0.05, 0.1) is 0 Å². The summed E-state index contributed by atoms with van der Waals surface area (Å²) < 4.78 is 0. The Balaban J connectivity index is 1.81. The van der Waals surface area contributed by atoms with E-state index in [4.69, 9.17) is 5.73 Å². The van der Waals surface area contributed by atoms with Crippen LogP contribution in [0.15, 0.2) is 35.2 Å². The van der Waals surface area contributed by atoms with Gasteiger partial charge in [-0.3, -0.25) is 4.79 Å². The Morgan fingerprint density at radius 1 is 1.33 bits per heavy atom. The molecular weight excluding hydrogens is 320 g/mol. The van der Waals surface area contributed by atoms with E-state index in [1.165, 1.54) is 0 Å². The van der Waals surface area contributed by atoms with Crippen molar-refractivity contribution in [2.45, 2.75) is 24.7 Å². The van der Waals surface area contributed by atoms with Crippen LogP contribution in [0.3, 0.4) is 0 Å². The lowest BCUT2D eigenvalue weighted by molar-refractivity contribution is 0.0904. The second-order valence-corrected chi connectivity index (χ2v) is 6.92. The molecule has 1 atom stereocenters. The standard InChI is InChI=1S/C18H22N4OS/c1-12-10-16(21-18(19)20-12)22-9-5-6-13(11-22)17(23)14-7-3-4-8-15(14)24-2/h3-4,7-8,10,13H,5-6,9,11H2,1-2H3,(H2,19,20,21)/t13-/m0/s1. The Bertz CT molecular complexity index is 729. The van der Waals surface area contributed by atoms with Crippen LogP contribution in [-0.4, -0.2) is 35.1 Å². The van der Waals surface area contributed by atoms with Crippen LogP contribution in [0.2, 0.25) is 0 Å². The van der Waals surface area contributed by atoms with Crippen molar-refractivity contribution >= 4 is 29.3 Å². The maximum Gasteiger partial charge on any atom is 0.222 e. The van der Waals surface area contributed by atoms with Crippen LogP contribution in [0, 0.1) is 12.8 Å². The maximum absolute atomic E-state index is 13.0. The van der Waals surface area contributed by atoms with Crippen LogP contribution in [-0.2, 0) is 0 Å². The van der Waals surface area contributed by atoms with E-state index in [1.54, 1.807) is 11.8 Å². The molecule has 0 amide bonds. The Labute approximate surface area is 146 Å². The molecule has 0 radical (unpaired) electrons. The Hall–Kier alpha value is -2.08. The number of nitrogens with zero attached hydrogens (tertiary/aromatic N) is 3. The normalized spacial score (nSPS) is 17.8. The van der Waals surface area contributed by atoms with E-state index in [0.29, 0.717) is 6.54 Å². The summed E-state index contributed by atoms with van der Waals surface area (Å²) >= 11 is 1.62. The molecule has 0 aliphatic carbocycles. The van der Waals surface area contributed by atoms with E-state index in [2.05, 4.69) is 14.9 Å². The van der Waals surface area contributed by atoms with E-state index in [9.17, 15) is 4.79 Å².